The van der Waals surface area contributed by atoms with E-state index >= 15 is 0 Å². The predicted octanol–water partition coefficient (Wildman–Crippen LogP) is 7.16. The van der Waals surface area contributed by atoms with E-state index in [0.29, 0.717) is 68.7 Å². The average molecular weight is 773 g/mol. The van der Waals surface area contributed by atoms with Crippen LogP contribution in [0, 0.1) is 0 Å². The Morgan fingerprint density at radius 1 is 0.807 bits per heavy atom. The molecule has 0 bridgehead atoms. The summed E-state index contributed by atoms with van der Waals surface area (Å²) in [6.45, 7) is 1.26. The Morgan fingerprint density at radius 3 is 2.26 bits per heavy atom. The van der Waals surface area contributed by atoms with Crippen molar-refractivity contribution >= 4 is 23.2 Å². The number of nitrogen functional groups attached to an aromatic ring is 1. The SMILES string of the molecule is CN(C[C@@H]1C[C@H](c2ccc(CO)cc2)O[C@H](c2ccc(-c3cccc(CNC(=O)CCCCC(=O)Nc4ccccc4N)c3)cc2)O1)C[C@@H](O)c1cccc(O)c1. The highest BCUT2D eigenvalue weighted by Crippen LogP contribution is 2.39. The topological polar surface area (TPSA) is 167 Å². The molecule has 11 heteroatoms. The van der Waals surface area contributed by atoms with Gasteiger partial charge in [0.1, 0.15) is 5.75 Å². The summed E-state index contributed by atoms with van der Waals surface area (Å²) in [5.74, 6) is -0.0790. The summed E-state index contributed by atoms with van der Waals surface area (Å²) in [5.41, 5.74) is 13.3. The number of aliphatic hydroxyl groups is 2. The second-order valence-electron chi connectivity index (χ2n) is 14.6. The molecular formula is C46H52N4O7. The van der Waals surface area contributed by atoms with Gasteiger partial charge in [0, 0.05) is 44.5 Å². The number of ether oxygens (including phenoxy) is 2. The standard InChI is InChI=1S/C46H52N4O7/c1-50(29-42(53)37-10-7-11-38(52)25-37)28-39-26-43(34-18-16-31(30-51)17-19-34)57-46(56-39)35-22-20-33(21-23-35)36-9-6-8-32(24-36)27-48-44(54)14-4-5-15-45(55)49-41-13-3-2-12-40(41)47/h2-3,6-13,16-25,39,42-43,46,51-53H,4-5,14-15,26-30,47H2,1H3,(H,48,54)(H,49,55)/t39-,42+,43+,46+/m0/s1. The number of hydrogen-bond acceptors (Lipinski definition) is 9. The molecule has 0 unspecified atom stereocenters. The van der Waals surface area contributed by atoms with E-state index in [-0.39, 0.29) is 36.4 Å². The van der Waals surface area contributed by atoms with Gasteiger partial charge in [-0.25, -0.2) is 0 Å². The third kappa shape index (κ3) is 12.0. The summed E-state index contributed by atoms with van der Waals surface area (Å²) in [4.78, 5) is 26.9. The Bertz CT molecular complexity index is 2070. The molecule has 5 aromatic rings. The second kappa shape index (κ2) is 20.0. The van der Waals surface area contributed by atoms with Crippen molar-refractivity contribution < 1.29 is 34.4 Å². The molecule has 7 N–H and O–H groups in total. The van der Waals surface area contributed by atoms with Gasteiger partial charge in [-0.15, -0.1) is 0 Å². The molecule has 6 rings (SSSR count). The molecule has 57 heavy (non-hydrogen) atoms. The number of carbonyl (C=O) groups excluding carboxylic acids is 2. The number of nitrogens with two attached hydrogens (primary N) is 1. The first-order valence-electron chi connectivity index (χ1n) is 19.4. The van der Waals surface area contributed by atoms with Gasteiger partial charge in [-0.3, -0.25) is 9.59 Å². The van der Waals surface area contributed by atoms with Gasteiger partial charge in [-0.05, 0) is 83.6 Å². The number of phenols is 1. The number of benzene rings is 5. The number of aromatic hydroxyl groups is 1. The third-order valence-electron chi connectivity index (χ3n) is 10.1. The number of likely N-dealkylation sites (N-methyl/N-ethyl adjacent to an activating group) is 1. The number of amides is 2. The molecule has 1 fully saturated rings. The number of aliphatic hydroxyl groups excluding tert-OH is 2. The normalized spacial score (nSPS) is 17.2. The van der Waals surface area contributed by atoms with Crippen LogP contribution in [0.4, 0.5) is 11.4 Å². The molecule has 1 heterocycles. The number of nitrogens with one attached hydrogen (secondary N) is 2. The predicted molar refractivity (Wildman–Crippen MR) is 221 cm³/mol. The Balaban J connectivity index is 1.03. The van der Waals surface area contributed by atoms with Crippen LogP contribution >= 0.6 is 0 Å². The Kier molecular flexibility index (Phi) is 14.4. The summed E-state index contributed by atoms with van der Waals surface area (Å²) < 4.78 is 13.1. The molecule has 0 saturated carbocycles. The molecule has 0 aromatic heterocycles. The first-order chi connectivity index (χ1) is 27.6. The van der Waals surface area contributed by atoms with E-state index in [2.05, 4.69) is 16.7 Å². The van der Waals surface area contributed by atoms with Gasteiger partial charge in [0.25, 0.3) is 0 Å². The summed E-state index contributed by atoms with van der Waals surface area (Å²) in [5, 5.41) is 36.1. The largest absolute Gasteiger partial charge is 0.508 e. The molecule has 1 aliphatic heterocycles. The van der Waals surface area contributed by atoms with Crippen molar-refractivity contribution in [2.45, 2.75) is 69.9 Å². The average Bonchev–Trinajstić information content (AvgIpc) is 3.22. The van der Waals surface area contributed by atoms with Gasteiger partial charge in [0.15, 0.2) is 6.29 Å². The lowest BCUT2D eigenvalue weighted by Gasteiger charge is -2.38. The highest BCUT2D eigenvalue weighted by atomic mass is 16.7. The zero-order valence-electron chi connectivity index (χ0n) is 32.2. The number of unbranched alkanes of at least 4 members (excludes halogenated alkanes) is 1. The molecule has 4 atom stereocenters. The number of para-hydroxylation sites is 2. The summed E-state index contributed by atoms with van der Waals surface area (Å²) >= 11 is 0. The second-order valence-corrected chi connectivity index (χ2v) is 14.6. The number of rotatable bonds is 17. The first-order valence-corrected chi connectivity index (χ1v) is 19.4. The van der Waals surface area contributed by atoms with Crippen molar-refractivity contribution in [2.75, 3.05) is 31.2 Å². The maximum absolute atomic E-state index is 12.6. The summed E-state index contributed by atoms with van der Waals surface area (Å²) in [6, 6.07) is 37.7. The molecule has 0 aliphatic carbocycles. The minimum atomic E-state index is -0.778. The Morgan fingerprint density at radius 2 is 1.53 bits per heavy atom. The fraction of sp³-hybridized carbons (Fsp3) is 0.304. The number of anilines is 2. The van der Waals surface area contributed by atoms with Crippen molar-refractivity contribution in [2.24, 2.45) is 0 Å². The van der Waals surface area contributed by atoms with Crippen LogP contribution in [0.3, 0.4) is 0 Å². The zero-order valence-corrected chi connectivity index (χ0v) is 32.2. The molecule has 1 aliphatic rings. The Labute approximate surface area is 334 Å². The number of nitrogens with zero attached hydrogens (tertiary/aromatic N) is 1. The quantitative estimate of drug-likeness (QED) is 0.0425. The molecule has 0 spiro atoms. The van der Waals surface area contributed by atoms with Crippen molar-refractivity contribution in [1.29, 1.82) is 0 Å². The van der Waals surface area contributed by atoms with Gasteiger partial charge in [0.2, 0.25) is 11.8 Å². The van der Waals surface area contributed by atoms with Crippen LogP contribution < -0.4 is 16.4 Å². The van der Waals surface area contributed by atoms with E-state index in [4.69, 9.17) is 15.2 Å². The lowest BCUT2D eigenvalue weighted by atomic mass is 9.98. The zero-order chi connectivity index (χ0) is 40.1. The van der Waals surface area contributed by atoms with Crippen molar-refractivity contribution in [3.05, 3.63) is 149 Å². The highest BCUT2D eigenvalue weighted by molar-refractivity contribution is 5.93. The molecule has 1 saturated heterocycles. The first kappa shape index (κ1) is 41.1. The number of phenolic OH excluding ortho intramolecular Hbond substituents is 1. The highest BCUT2D eigenvalue weighted by Gasteiger charge is 2.33. The summed E-state index contributed by atoms with van der Waals surface area (Å²) in [6.07, 6.45) is 0.563. The van der Waals surface area contributed by atoms with Crippen LogP contribution in [0.5, 0.6) is 5.75 Å². The van der Waals surface area contributed by atoms with E-state index in [9.17, 15) is 24.9 Å². The molecule has 2 amide bonds. The summed E-state index contributed by atoms with van der Waals surface area (Å²) in [7, 11) is 1.94. The lowest BCUT2D eigenvalue weighted by molar-refractivity contribution is -0.252. The van der Waals surface area contributed by atoms with Crippen molar-refractivity contribution in [3.63, 3.8) is 0 Å². The fourth-order valence-electron chi connectivity index (χ4n) is 6.97. The monoisotopic (exact) mass is 772 g/mol. The van der Waals surface area contributed by atoms with Crippen LogP contribution in [0.2, 0.25) is 0 Å². The third-order valence-corrected chi connectivity index (χ3v) is 10.1. The van der Waals surface area contributed by atoms with Gasteiger partial charge in [-0.1, -0.05) is 91.0 Å². The van der Waals surface area contributed by atoms with Gasteiger partial charge < -0.3 is 46.1 Å². The smallest absolute Gasteiger partial charge is 0.224 e. The van der Waals surface area contributed by atoms with Crippen LogP contribution in [0.25, 0.3) is 11.1 Å². The Hall–Kier alpha value is -5.56. The van der Waals surface area contributed by atoms with E-state index in [1.807, 2.05) is 90.8 Å². The molecule has 0 radical (unpaired) electrons. The molecule has 298 valence electrons. The van der Waals surface area contributed by atoms with Crippen LogP contribution in [0.1, 0.15) is 78.4 Å². The minimum Gasteiger partial charge on any atom is -0.508 e. The lowest BCUT2D eigenvalue weighted by Crippen LogP contribution is -2.39. The number of hydrogen-bond donors (Lipinski definition) is 6. The maximum Gasteiger partial charge on any atom is 0.224 e. The van der Waals surface area contributed by atoms with Crippen molar-refractivity contribution in [1.82, 2.24) is 10.2 Å². The van der Waals surface area contributed by atoms with E-state index in [1.165, 1.54) is 0 Å². The van der Waals surface area contributed by atoms with E-state index in [0.717, 1.165) is 33.4 Å². The maximum atomic E-state index is 12.6. The molecular weight excluding hydrogens is 721 g/mol. The number of carbonyl (C=O) groups is 2. The van der Waals surface area contributed by atoms with E-state index < -0.39 is 12.4 Å². The van der Waals surface area contributed by atoms with Crippen LogP contribution in [-0.4, -0.2) is 58.3 Å². The van der Waals surface area contributed by atoms with Gasteiger partial charge in [0.05, 0.1) is 36.3 Å². The van der Waals surface area contributed by atoms with Crippen LogP contribution in [-0.2, 0) is 32.2 Å². The molecule has 5 aromatic carbocycles. The molecule has 11 nitrogen and oxygen atoms in total. The van der Waals surface area contributed by atoms with Crippen molar-refractivity contribution in [3.8, 4) is 16.9 Å². The van der Waals surface area contributed by atoms with E-state index in [1.54, 1.807) is 36.4 Å². The van der Waals surface area contributed by atoms with Crippen LogP contribution in [0.15, 0.2) is 121 Å². The minimum absolute atomic E-state index is 0.0358. The van der Waals surface area contributed by atoms with Gasteiger partial charge >= 0.3 is 0 Å². The fourth-order valence-corrected chi connectivity index (χ4v) is 6.97. The van der Waals surface area contributed by atoms with Gasteiger partial charge in [-0.2, -0.15) is 0 Å².